The third kappa shape index (κ3) is 8.51. The number of benzene rings is 2. The molecule has 29 heavy (non-hydrogen) atoms. The molecule has 0 aliphatic heterocycles. The van der Waals surface area contributed by atoms with Crippen LogP contribution in [0.15, 0.2) is 53.5 Å². The van der Waals surface area contributed by atoms with Crippen LogP contribution in [0.2, 0.25) is 0 Å². The zero-order valence-electron chi connectivity index (χ0n) is 14.4. The van der Waals surface area contributed by atoms with Gasteiger partial charge in [0.1, 0.15) is 6.54 Å². The Morgan fingerprint density at radius 3 is 2.21 bits per heavy atom. The summed E-state index contributed by atoms with van der Waals surface area (Å²) in [5.41, 5.74) is 5.11. The first-order valence-corrected chi connectivity index (χ1v) is 7.62. The molecule has 0 bridgehead atoms. The average molecular weight is 529 g/mol. The summed E-state index contributed by atoms with van der Waals surface area (Å²) in [7, 11) is 0. The van der Waals surface area contributed by atoms with Crippen LogP contribution in [0, 0.1) is 11.8 Å². The number of halogens is 7. The number of ether oxygens (including phenoxy) is 1. The molecule has 0 aliphatic rings. The van der Waals surface area contributed by atoms with E-state index < -0.39 is 23.9 Å². The van der Waals surface area contributed by atoms with E-state index >= 15 is 0 Å². The molecule has 0 fully saturated rings. The first kappa shape index (κ1) is 24.4. The molecule has 156 valence electrons. The van der Waals surface area contributed by atoms with Crippen LogP contribution in [0.25, 0.3) is 0 Å². The van der Waals surface area contributed by atoms with E-state index in [9.17, 15) is 26.3 Å². The number of hydrogen-bond donors (Lipinski definition) is 2. The van der Waals surface area contributed by atoms with Gasteiger partial charge >= 0.3 is 12.5 Å². The van der Waals surface area contributed by atoms with E-state index in [4.69, 9.17) is 5.73 Å². The van der Waals surface area contributed by atoms with Gasteiger partial charge in [0.05, 0.1) is 11.3 Å². The summed E-state index contributed by atoms with van der Waals surface area (Å²) in [5.74, 6) is 4.49. The van der Waals surface area contributed by atoms with Crippen LogP contribution in [0.5, 0.6) is 5.75 Å². The van der Waals surface area contributed by atoms with Gasteiger partial charge in [-0.05, 0) is 36.4 Å². The van der Waals surface area contributed by atoms with E-state index in [0.717, 1.165) is 18.2 Å². The third-order valence-electron chi connectivity index (χ3n) is 3.15. The molecule has 0 amide bonds. The van der Waals surface area contributed by atoms with Gasteiger partial charge in [-0.2, -0.15) is 13.2 Å². The fourth-order valence-corrected chi connectivity index (χ4v) is 1.97. The number of para-hydroxylation sites is 2. The fraction of sp³-hybridized carbons (Fsp3) is 0.167. The van der Waals surface area contributed by atoms with Gasteiger partial charge in [-0.1, -0.05) is 24.0 Å². The Labute approximate surface area is 179 Å². The van der Waals surface area contributed by atoms with Crippen LogP contribution >= 0.6 is 24.0 Å². The number of aliphatic imine (C=N–C) groups is 1. The van der Waals surface area contributed by atoms with Crippen molar-refractivity contribution >= 4 is 35.6 Å². The molecular weight excluding hydrogens is 515 g/mol. The summed E-state index contributed by atoms with van der Waals surface area (Å²) in [4.78, 5) is 3.82. The molecule has 3 N–H and O–H groups in total. The first-order chi connectivity index (χ1) is 13.0. The highest BCUT2D eigenvalue weighted by Gasteiger charge is 2.32. The fourth-order valence-electron chi connectivity index (χ4n) is 1.97. The lowest BCUT2D eigenvalue weighted by molar-refractivity contribution is -0.274. The normalized spacial score (nSPS) is 11.7. The van der Waals surface area contributed by atoms with Crippen molar-refractivity contribution in [3.05, 3.63) is 59.7 Å². The van der Waals surface area contributed by atoms with Crippen molar-refractivity contribution < 1.29 is 31.1 Å². The quantitative estimate of drug-likeness (QED) is 0.194. The molecule has 0 saturated heterocycles. The highest BCUT2D eigenvalue weighted by Crippen LogP contribution is 2.30. The largest absolute Gasteiger partial charge is 0.573 e. The van der Waals surface area contributed by atoms with Gasteiger partial charge in [-0.25, -0.2) is 4.99 Å². The zero-order chi connectivity index (χ0) is 20.8. The molecule has 4 nitrogen and oxygen atoms in total. The SMILES string of the molecule is I.NC(=NCC#Cc1ccc(C(F)(F)F)cc1)Nc1ccccc1OC(F)(F)F. The molecule has 0 radical (unpaired) electrons. The minimum absolute atomic E-state index is 0. The molecule has 0 aliphatic carbocycles. The number of nitrogens with one attached hydrogen (secondary N) is 1. The predicted molar refractivity (Wildman–Crippen MR) is 107 cm³/mol. The van der Waals surface area contributed by atoms with E-state index in [2.05, 4.69) is 26.9 Å². The highest BCUT2D eigenvalue weighted by molar-refractivity contribution is 14.0. The molecular formula is C18H14F6IN3O. The molecule has 11 heteroatoms. The first-order valence-electron chi connectivity index (χ1n) is 7.62. The maximum Gasteiger partial charge on any atom is 0.573 e. The smallest absolute Gasteiger partial charge is 0.404 e. The van der Waals surface area contributed by atoms with E-state index in [0.29, 0.717) is 5.56 Å². The van der Waals surface area contributed by atoms with Gasteiger partial charge in [-0.15, -0.1) is 37.1 Å². The van der Waals surface area contributed by atoms with Crippen molar-refractivity contribution in [2.45, 2.75) is 12.5 Å². The molecule has 2 aromatic carbocycles. The second-order valence-electron chi connectivity index (χ2n) is 5.25. The second kappa shape index (κ2) is 10.2. The standard InChI is InChI=1S/C18H13F6N3O.HI/c19-17(20,21)13-9-7-12(8-10-13)4-3-11-26-16(25)27-14-5-1-2-6-15(14)28-18(22,23)24;/h1-2,5-10H,11H2,(H3,25,26,27);1H. The lowest BCUT2D eigenvalue weighted by Gasteiger charge is -2.13. The molecule has 0 heterocycles. The molecule has 0 atom stereocenters. The Bertz CT molecular complexity index is 899. The molecule has 0 saturated carbocycles. The van der Waals surface area contributed by atoms with Crippen molar-refractivity contribution in [1.29, 1.82) is 0 Å². The molecule has 0 unspecified atom stereocenters. The molecule has 2 rings (SSSR count). The minimum atomic E-state index is -4.86. The summed E-state index contributed by atoms with van der Waals surface area (Å²) in [6, 6.07) is 9.49. The monoisotopic (exact) mass is 529 g/mol. The van der Waals surface area contributed by atoms with Gasteiger partial charge in [0.15, 0.2) is 11.7 Å². The van der Waals surface area contributed by atoms with Gasteiger partial charge < -0.3 is 15.8 Å². The van der Waals surface area contributed by atoms with Crippen LogP contribution in [0.1, 0.15) is 11.1 Å². The molecule has 2 aromatic rings. The summed E-state index contributed by atoms with van der Waals surface area (Å²) in [6.45, 7) is -0.123. The number of guanidine groups is 1. The van der Waals surface area contributed by atoms with E-state index in [1.807, 2.05) is 0 Å². The van der Waals surface area contributed by atoms with E-state index in [1.54, 1.807) is 0 Å². The van der Waals surface area contributed by atoms with E-state index in [1.165, 1.54) is 30.3 Å². The summed E-state index contributed by atoms with van der Waals surface area (Å²) >= 11 is 0. The number of alkyl halides is 6. The van der Waals surface area contributed by atoms with Crippen LogP contribution < -0.4 is 15.8 Å². The van der Waals surface area contributed by atoms with Gasteiger partial charge in [0.25, 0.3) is 0 Å². The zero-order valence-corrected chi connectivity index (χ0v) is 16.8. The van der Waals surface area contributed by atoms with E-state index in [-0.39, 0.29) is 42.2 Å². The van der Waals surface area contributed by atoms with Crippen molar-refractivity contribution in [3.8, 4) is 17.6 Å². The van der Waals surface area contributed by atoms with Gasteiger partial charge in [0.2, 0.25) is 0 Å². The van der Waals surface area contributed by atoms with Crippen LogP contribution in [0.4, 0.5) is 32.0 Å². The number of nitrogens with zero attached hydrogens (tertiary/aromatic N) is 1. The highest BCUT2D eigenvalue weighted by atomic mass is 127. The van der Waals surface area contributed by atoms with Crippen LogP contribution in [0.3, 0.4) is 0 Å². The Balaban J connectivity index is 0.00000420. The van der Waals surface area contributed by atoms with Crippen molar-refractivity contribution in [1.82, 2.24) is 0 Å². The van der Waals surface area contributed by atoms with Crippen LogP contribution in [-0.2, 0) is 6.18 Å². The molecule has 0 aromatic heterocycles. The van der Waals surface area contributed by atoms with Crippen molar-refractivity contribution in [3.63, 3.8) is 0 Å². The Morgan fingerprint density at radius 2 is 1.62 bits per heavy atom. The second-order valence-corrected chi connectivity index (χ2v) is 5.25. The maximum absolute atomic E-state index is 12.5. The average Bonchev–Trinajstić information content (AvgIpc) is 2.59. The number of anilines is 1. The topological polar surface area (TPSA) is 59.6 Å². The minimum Gasteiger partial charge on any atom is -0.404 e. The van der Waals surface area contributed by atoms with Gasteiger partial charge in [-0.3, -0.25) is 0 Å². The summed E-state index contributed by atoms with van der Waals surface area (Å²) in [6.07, 6.45) is -9.29. The number of nitrogens with two attached hydrogens (primary N) is 1. The molecule has 0 spiro atoms. The Kier molecular flexibility index (Phi) is 8.62. The Hall–Kier alpha value is -2.62. The summed E-state index contributed by atoms with van der Waals surface area (Å²) < 4.78 is 78.4. The maximum atomic E-state index is 12.5. The van der Waals surface area contributed by atoms with Gasteiger partial charge in [0, 0.05) is 5.56 Å². The lowest BCUT2D eigenvalue weighted by Crippen LogP contribution is -2.24. The number of rotatable bonds is 3. The lowest BCUT2D eigenvalue weighted by atomic mass is 10.1. The van der Waals surface area contributed by atoms with Crippen molar-refractivity contribution in [2.75, 3.05) is 11.9 Å². The summed E-state index contributed by atoms with van der Waals surface area (Å²) in [5, 5.41) is 2.47. The van der Waals surface area contributed by atoms with Crippen LogP contribution in [-0.4, -0.2) is 18.9 Å². The third-order valence-corrected chi connectivity index (χ3v) is 3.15. The number of hydrogen-bond acceptors (Lipinski definition) is 2. The Morgan fingerprint density at radius 1 is 1.00 bits per heavy atom. The predicted octanol–water partition coefficient (Wildman–Crippen LogP) is 5.00. The van der Waals surface area contributed by atoms with Crippen molar-refractivity contribution in [2.24, 2.45) is 10.7 Å².